The highest BCUT2D eigenvalue weighted by Gasteiger charge is 2.26. The third kappa shape index (κ3) is 3.37. The van der Waals surface area contributed by atoms with Crippen molar-refractivity contribution in [1.29, 1.82) is 0 Å². The third-order valence-electron chi connectivity index (χ3n) is 3.77. The minimum atomic E-state index is -3.58. The standard InChI is InChI=1S/C17H19N3O2S/c1-3-13-8-9-15-16(10-13)23(21,22)20-17(19-15)18-11-14-6-4-12(2)5-7-14/h4-10H,3,11H2,1-2H3,(H2,18,19,20). The Labute approximate surface area is 136 Å². The summed E-state index contributed by atoms with van der Waals surface area (Å²) in [7, 11) is -3.58. The summed E-state index contributed by atoms with van der Waals surface area (Å²) in [6.45, 7) is 4.42. The van der Waals surface area contributed by atoms with Crippen molar-refractivity contribution in [3.05, 3.63) is 59.2 Å². The van der Waals surface area contributed by atoms with Gasteiger partial charge in [0.15, 0.2) is 0 Å². The summed E-state index contributed by atoms with van der Waals surface area (Å²) in [6, 6.07) is 13.4. The van der Waals surface area contributed by atoms with Crippen LogP contribution in [0.25, 0.3) is 0 Å². The average molecular weight is 329 g/mol. The largest absolute Gasteiger partial charge is 0.324 e. The average Bonchev–Trinajstić information content (AvgIpc) is 2.53. The molecule has 0 saturated heterocycles. The fraction of sp³-hybridized carbons (Fsp3) is 0.235. The van der Waals surface area contributed by atoms with Crippen LogP contribution in [-0.2, 0) is 23.0 Å². The highest BCUT2D eigenvalue weighted by molar-refractivity contribution is 7.90. The fourth-order valence-corrected chi connectivity index (χ4v) is 3.58. The molecule has 1 aliphatic rings. The predicted molar refractivity (Wildman–Crippen MR) is 92.1 cm³/mol. The maximum absolute atomic E-state index is 12.4. The molecule has 3 rings (SSSR count). The van der Waals surface area contributed by atoms with Gasteiger partial charge < -0.3 is 5.32 Å². The third-order valence-corrected chi connectivity index (χ3v) is 5.15. The second kappa shape index (κ2) is 6.04. The quantitative estimate of drug-likeness (QED) is 0.909. The number of aliphatic imine (C=N–C) groups is 1. The number of nitrogens with zero attached hydrogens (tertiary/aromatic N) is 1. The molecule has 2 aromatic rings. The predicted octanol–water partition coefficient (Wildman–Crippen LogP) is 2.82. The molecule has 0 unspecified atom stereocenters. The summed E-state index contributed by atoms with van der Waals surface area (Å²) in [4.78, 5) is 4.61. The molecule has 2 N–H and O–H groups in total. The van der Waals surface area contributed by atoms with E-state index in [1.54, 1.807) is 12.1 Å². The number of anilines is 1. The Hall–Kier alpha value is -2.34. The second-order valence-electron chi connectivity index (χ2n) is 5.56. The maximum atomic E-state index is 12.4. The molecular formula is C17H19N3O2S. The van der Waals surface area contributed by atoms with E-state index in [0.29, 0.717) is 12.2 Å². The first-order chi connectivity index (χ1) is 11.0. The van der Waals surface area contributed by atoms with Gasteiger partial charge in [0.05, 0.1) is 12.2 Å². The molecule has 0 saturated carbocycles. The van der Waals surface area contributed by atoms with Gasteiger partial charge in [-0.2, -0.15) is 0 Å². The molecule has 0 bridgehead atoms. The molecule has 0 aromatic heterocycles. The summed E-state index contributed by atoms with van der Waals surface area (Å²) < 4.78 is 27.2. The van der Waals surface area contributed by atoms with E-state index in [0.717, 1.165) is 17.5 Å². The number of nitrogens with one attached hydrogen (secondary N) is 2. The summed E-state index contributed by atoms with van der Waals surface area (Å²) >= 11 is 0. The molecular weight excluding hydrogens is 310 g/mol. The highest BCUT2D eigenvalue weighted by atomic mass is 32.2. The van der Waals surface area contributed by atoms with Crippen molar-refractivity contribution >= 4 is 21.7 Å². The number of rotatable bonds is 3. The number of guanidine groups is 1. The van der Waals surface area contributed by atoms with Crippen LogP contribution in [0.5, 0.6) is 0 Å². The lowest BCUT2D eigenvalue weighted by molar-refractivity contribution is 0.591. The molecule has 23 heavy (non-hydrogen) atoms. The summed E-state index contributed by atoms with van der Waals surface area (Å²) in [6.07, 6.45) is 0.789. The van der Waals surface area contributed by atoms with E-state index in [-0.39, 0.29) is 10.9 Å². The Kier molecular flexibility index (Phi) is 4.09. The summed E-state index contributed by atoms with van der Waals surface area (Å²) in [5, 5.41) is 3.05. The molecule has 1 heterocycles. The van der Waals surface area contributed by atoms with Crippen LogP contribution in [0.2, 0.25) is 0 Å². The molecule has 0 fully saturated rings. The molecule has 6 heteroatoms. The first-order valence-electron chi connectivity index (χ1n) is 7.51. The number of fused-ring (bicyclic) bond motifs is 1. The lowest BCUT2D eigenvalue weighted by atomic mass is 10.1. The van der Waals surface area contributed by atoms with E-state index < -0.39 is 10.0 Å². The topological polar surface area (TPSA) is 70.6 Å². The van der Waals surface area contributed by atoms with Crippen LogP contribution in [0, 0.1) is 6.92 Å². The summed E-state index contributed by atoms with van der Waals surface area (Å²) in [5.74, 6) is 0.252. The van der Waals surface area contributed by atoms with Gasteiger partial charge in [0.2, 0.25) is 5.96 Å². The Morgan fingerprint density at radius 2 is 1.74 bits per heavy atom. The molecule has 1 aliphatic heterocycles. The zero-order chi connectivity index (χ0) is 16.4. The first-order valence-corrected chi connectivity index (χ1v) is 8.99. The zero-order valence-electron chi connectivity index (χ0n) is 13.1. The van der Waals surface area contributed by atoms with Crippen LogP contribution >= 0.6 is 0 Å². The van der Waals surface area contributed by atoms with Crippen molar-refractivity contribution < 1.29 is 8.42 Å². The van der Waals surface area contributed by atoms with Crippen molar-refractivity contribution in [2.24, 2.45) is 4.99 Å². The Morgan fingerprint density at radius 3 is 2.43 bits per heavy atom. The zero-order valence-corrected chi connectivity index (χ0v) is 13.9. The molecule has 120 valence electrons. The molecule has 0 amide bonds. The lowest BCUT2D eigenvalue weighted by Gasteiger charge is -2.22. The smallest absolute Gasteiger partial charge is 0.266 e. The summed E-state index contributed by atoms with van der Waals surface area (Å²) in [5.41, 5.74) is 3.74. The van der Waals surface area contributed by atoms with E-state index in [9.17, 15) is 8.42 Å². The number of aryl methyl sites for hydroxylation is 2. The minimum absolute atomic E-state index is 0.252. The van der Waals surface area contributed by atoms with Gasteiger partial charge in [-0.3, -0.25) is 0 Å². The van der Waals surface area contributed by atoms with Crippen LogP contribution in [0.15, 0.2) is 52.4 Å². The normalized spacial score (nSPS) is 17.2. The van der Waals surface area contributed by atoms with Crippen LogP contribution in [0.1, 0.15) is 23.6 Å². The Bertz CT molecular complexity index is 856. The monoisotopic (exact) mass is 329 g/mol. The van der Waals surface area contributed by atoms with E-state index in [1.807, 2.05) is 44.2 Å². The highest BCUT2D eigenvalue weighted by Crippen LogP contribution is 2.26. The van der Waals surface area contributed by atoms with Gasteiger partial charge in [0.25, 0.3) is 10.0 Å². The van der Waals surface area contributed by atoms with Gasteiger partial charge in [0.1, 0.15) is 4.90 Å². The van der Waals surface area contributed by atoms with Crippen molar-refractivity contribution in [3.8, 4) is 0 Å². The van der Waals surface area contributed by atoms with Crippen LogP contribution in [0.3, 0.4) is 0 Å². The van der Waals surface area contributed by atoms with E-state index >= 15 is 0 Å². The van der Waals surface area contributed by atoms with Crippen LogP contribution < -0.4 is 10.0 Å². The number of hydrogen-bond acceptors (Lipinski definition) is 3. The lowest BCUT2D eigenvalue weighted by Crippen LogP contribution is -2.40. The van der Waals surface area contributed by atoms with Crippen LogP contribution in [0.4, 0.5) is 5.69 Å². The molecule has 0 aliphatic carbocycles. The molecule has 0 radical (unpaired) electrons. The number of sulfonamides is 1. The van der Waals surface area contributed by atoms with Gasteiger partial charge in [-0.05, 0) is 36.6 Å². The van der Waals surface area contributed by atoms with Gasteiger partial charge >= 0.3 is 0 Å². The fourth-order valence-electron chi connectivity index (χ4n) is 2.38. The van der Waals surface area contributed by atoms with Crippen molar-refractivity contribution in [2.75, 3.05) is 5.32 Å². The Morgan fingerprint density at radius 1 is 1.04 bits per heavy atom. The van der Waals surface area contributed by atoms with E-state index in [2.05, 4.69) is 15.0 Å². The maximum Gasteiger partial charge on any atom is 0.266 e. The van der Waals surface area contributed by atoms with Gasteiger partial charge in [-0.1, -0.05) is 42.8 Å². The van der Waals surface area contributed by atoms with Gasteiger partial charge in [-0.15, -0.1) is 0 Å². The molecule has 5 nitrogen and oxygen atoms in total. The first kappa shape index (κ1) is 15.6. The molecule has 0 atom stereocenters. The number of hydrogen-bond donors (Lipinski definition) is 2. The van der Waals surface area contributed by atoms with Gasteiger partial charge in [0, 0.05) is 0 Å². The van der Waals surface area contributed by atoms with E-state index in [1.165, 1.54) is 5.56 Å². The molecule has 0 spiro atoms. The van der Waals surface area contributed by atoms with Crippen molar-refractivity contribution in [3.63, 3.8) is 0 Å². The Balaban J connectivity index is 1.86. The van der Waals surface area contributed by atoms with E-state index in [4.69, 9.17) is 0 Å². The molecule has 2 aromatic carbocycles. The van der Waals surface area contributed by atoms with Gasteiger partial charge in [-0.25, -0.2) is 18.1 Å². The second-order valence-corrected chi connectivity index (χ2v) is 7.22. The van der Waals surface area contributed by atoms with Crippen LogP contribution in [-0.4, -0.2) is 14.4 Å². The SMILES string of the molecule is CCc1ccc2c(c1)S(=O)(=O)NC(=NCc1ccc(C)cc1)N2. The van der Waals surface area contributed by atoms with Crippen molar-refractivity contribution in [2.45, 2.75) is 31.7 Å². The van der Waals surface area contributed by atoms with Crippen molar-refractivity contribution in [1.82, 2.24) is 4.72 Å². The minimum Gasteiger partial charge on any atom is -0.324 e. The number of benzene rings is 2.